The molecule has 1 N–H and O–H groups in total. The first-order valence-electron chi connectivity index (χ1n) is 9.23. The molecule has 0 saturated heterocycles. The first kappa shape index (κ1) is 17.2. The molecule has 2 heterocycles. The largest absolute Gasteiger partial charge is 0.373 e. The molecule has 0 bridgehead atoms. The lowest BCUT2D eigenvalue weighted by Gasteiger charge is -2.39. The van der Waals surface area contributed by atoms with Crippen molar-refractivity contribution in [3.05, 3.63) is 68.3 Å². The average molecular weight is 438 g/mol. The molecule has 0 radical (unpaired) electrons. The van der Waals surface area contributed by atoms with Gasteiger partial charge in [0.2, 0.25) is 0 Å². The number of Topliss-reactive ketones (excluding diaryl/α,β-unsaturated/α-hetero) is 1. The molecule has 2 aromatic carbocycles. The zero-order valence-electron chi connectivity index (χ0n) is 15.3. The summed E-state index contributed by atoms with van der Waals surface area (Å²) in [6, 6.07) is 16.9. The quantitative estimate of drug-likeness (QED) is 0.444. The zero-order valence-corrected chi connectivity index (χ0v) is 17.7. The van der Waals surface area contributed by atoms with Crippen LogP contribution in [-0.2, 0) is 4.79 Å². The minimum absolute atomic E-state index is 0.0119. The summed E-state index contributed by atoms with van der Waals surface area (Å²) in [5.41, 5.74) is 4.54. The summed E-state index contributed by atoms with van der Waals surface area (Å²) < 4.78 is 1.09. The topological polar surface area (TPSA) is 29.1 Å². The molecule has 1 aliphatic carbocycles. The van der Waals surface area contributed by atoms with Crippen molar-refractivity contribution in [2.24, 2.45) is 5.41 Å². The lowest BCUT2D eigenvalue weighted by atomic mass is 9.68. The summed E-state index contributed by atoms with van der Waals surface area (Å²) >= 11 is 5.27. The number of carbonyl (C=O) groups is 1. The zero-order chi connectivity index (χ0) is 18.8. The lowest BCUT2D eigenvalue weighted by molar-refractivity contribution is -0.118. The van der Waals surface area contributed by atoms with Gasteiger partial charge in [0, 0.05) is 28.1 Å². The Kier molecular flexibility index (Phi) is 3.85. The van der Waals surface area contributed by atoms with Crippen LogP contribution in [0.3, 0.4) is 0 Å². The van der Waals surface area contributed by atoms with Crippen molar-refractivity contribution in [1.29, 1.82) is 0 Å². The van der Waals surface area contributed by atoms with E-state index in [0.717, 1.165) is 21.5 Å². The fourth-order valence-electron chi connectivity index (χ4n) is 4.53. The predicted octanol–water partition coefficient (Wildman–Crippen LogP) is 6.97. The molecule has 1 aliphatic heterocycles. The minimum atomic E-state index is -0.0615. The number of hydrogen-bond acceptors (Lipinski definition) is 3. The van der Waals surface area contributed by atoms with Gasteiger partial charge in [0.25, 0.3) is 0 Å². The van der Waals surface area contributed by atoms with Gasteiger partial charge >= 0.3 is 0 Å². The third-order valence-electron chi connectivity index (χ3n) is 5.62. The van der Waals surface area contributed by atoms with Gasteiger partial charge in [-0.2, -0.15) is 0 Å². The van der Waals surface area contributed by atoms with Crippen LogP contribution in [-0.4, -0.2) is 5.78 Å². The normalized spacial score (nSPS) is 21.0. The van der Waals surface area contributed by atoms with Gasteiger partial charge < -0.3 is 5.32 Å². The molecule has 27 heavy (non-hydrogen) atoms. The molecular weight excluding hydrogens is 418 g/mol. The van der Waals surface area contributed by atoms with Gasteiger partial charge in [-0.1, -0.05) is 44.2 Å². The standard InChI is InChI=1S/C23H20BrNOS/c1-23(2)11-15-20-14-6-4-3-5-13(14)7-8-16(20)25-22(21(15)17(26)12-23)18-9-10-19(24)27-18/h3-10,22,25H,11-12H2,1-2H3/t22-/m0/s1. The van der Waals surface area contributed by atoms with E-state index in [1.54, 1.807) is 11.3 Å². The molecule has 0 saturated carbocycles. The molecule has 1 atom stereocenters. The second-order valence-electron chi connectivity index (χ2n) is 8.26. The van der Waals surface area contributed by atoms with Gasteiger partial charge in [-0.25, -0.2) is 0 Å². The molecular formula is C23H20BrNOS. The Balaban J connectivity index is 1.81. The average Bonchev–Trinajstić information content (AvgIpc) is 3.05. The third kappa shape index (κ3) is 2.77. The van der Waals surface area contributed by atoms with E-state index >= 15 is 0 Å². The number of hydrogen-bond donors (Lipinski definition) is 1. The highest BCUT2D eigenvalue weighted by Gasteiger charge is 2.41. The van der Waals surface area contributed by atoms with E-state index in [4.69, 9.17) is 0 Å². The number of anilines is 1. The summed E-state index contributed by atoms with van der Waals surface area (Å²) in [6.45, 7) is 4.41. The number of halogens is 1. The van der Waals surface area contributed by atoms with E-state index in [9.17, 15) is 4.79 Å². The molecule has 0 fully saturated rings. The molecule has 0 amide bonds. The highest BCUT2D eigenvalue weighted by molar-refractivity contribution is 9.11. The number of benzene rings is 2. The SMILES string of the molecule is CC1(C)CC(=O)C2=C(C1)c1c(ccc3ccccc13)N[C@H]2c1ccc(Br)s1. The first-order valence-corrected chi connectivity index (χ1v) is 10.8. The van der Waals surface area contributed by atoms with Crippen molar-refractivity contribution < 1.29 is 4.79 Å². The maximum absolute atomic E-state index is 13.3. The smallest absolute Gasteiger partial charge is 0.162 e. The van der Waals surface area contributed by atoms with Crippen molar-refractivity contribution in [2.75, 3.05) is 5.32 Å². The van der Waals surface area contributed by atoms with Gasteiger partial charge in [0.1, 0.15) is 0 Å². The number of fused-ring (bicyclic) bond motifs is 4. The molecule has 0 spiro atoms. The van der Waals surface area contributed by atoms with E-state index in [1.807, 2.05) is 0 Å². The van der Waals surface area contributed by atoms with Crippen molar-refractivity contribution in [3.63, 3.8) is 0 Å². The maximum Gasteiger partial charge on any atom is 0.162 e. The van der Waals surface area contributed by atoms with Crippen LogP contribution in [0, 0.1) is 5.41 Å². The number of thiophene rings is 1. The second kappa shape index (κ2) is 6.05. The molecule has 4 heteroatoms. The van der Waals surface area contributed by atoms with Crippen LogP contribution in [0.2, 0.25) is 0 Å². The van der Waals surface area contributed by atoms with Gasteiger partial charge in [0.05, 0.1) is 9.83 Å². The van der Waals surface area contributed by atoms with E-state index in [-0.39, 0.29) is 17.2 Å². The third-order valence-corrected chi connectivity index (χ3v) is 7.31. The maximum atomic E-state index is 13.3. The highest BCUT2D eigenvalue weighted by atomic mass is 79.9. The van der Waals surface area contributed by atoms with Crippen LogP contribution in [0.25, 0.3) is 16.3 Å². The lowest BCUT2D eigenvalue weighted by Crippen LogP contribution is -2.32. The van der Waals surface area contributed by atoms with E-state index in [1.165, 1.54) is 26.8 Å². The van der Waals surface area contributed by atoms with Gasteiger partial charge in [-0.05, 0) is 62.3 Å². The Labute approximate surface area is 171 Å². The Bertz CT molecular complexity index is 1120. The molecule has 1 aromatic heterocycles. The monoisotopic (exact) mass is 437 g/mol. The highest BCUT2D eigenvalue weighted by Crippen LogP contribution is 2.52. The van der Waals surface area contributed by atoms with Crippen LogP contribution in [0.4, 0.5) is 5.69 Å². The summed E-state index contributed by atoms with van der Waals surface area (Å²) in [7, 11) is 0. The number of ketones is 1. The summed E-state index contributed by atoms with van der Waals surface area (Å²) in [5, 5.41) is 6.14. The number of carbonyl (C=O) groups excluding carboxylic acids is 1. The van der Waals surface area contributed by atoms with Crippen molar-refractivity contribution in [3.8, 4) is 0 Å². The second-order valence-corrected chi connectivity index (χ2v) is 10.8. The van der Waals surface area contributed by atoms with Gasteiger partial charge in [0.15, 0.2) is 5.78 Å². The number of allylic oxidation sites excluding steroid dienone is 1. The first-order chi connectivity index (χ1) is 12.9. The van der Waals surface area contributed by atoms with E-state index in [2.05, 4.69) is 83.6 Å². The molecule has 136 valence electrons. The van der Waals surface area contributed by atoms with Crippen molar-refractivity contribution >= 4 is 55.1 Å². The molecule has 2 nitrogen and oxygen atoms in total. The number of nitrogens with one attached hydrogen (secondary N) is 1. The van der Waals surface area contributed by atoms with Crippen molar-refractivity contribution in [1.82, 2.24) is 0 Å². The van der Waals surface area contributed by atoms with E-state index < -0.39 is 0 Å². The molecule has 3 aromatic rings. The summed E-state index contributed by atoms with van der Waals surface area (Å²) in [5.74, 6) is 0.279. The van der Waals surface area contributed by atoms with Gasteiger partial charge in [-0.3, -0.25) is 4.79 Å². The summed E-state index contributed by atoms with van der Waals surface area (Å²) in [6.07, 6.45) is 1.54. The minimum Gasteiger partial charge on any atom is -0.373 e. The van der Waals surface area contributed by atoms with Crippen LogP contribution >= 0.6 is 27.3 Å². The Morgan fingerprint density at radius 3 is 2.67 bits per heavy atom. The van der Waals surface area contributed by atoms with Crippen LogP contribution in [0.1, 0.15) is 43.2 Å². The molecule has 0 unspecified atom stereocenters. The fraction of sp³-hybridized carbons (Fsp3) is 0.261. The Morgan fingerprint density at radius 2 is 1.89 bits per heavy atom. The Morgan fingerprint density at radius 1 is 1.07 bits per heavy atom. The van der Waals surface area contributed by atoms with E-state index in [0.29, 0.717) is 6.42 Å². The van der Waals surface area contributed by atoms with Crippen molar-refractivity contribution in [2.45, 2.75) is 32.7 Å². The van der Waals surface area contributed by atoms with Crippen LogP contribution in [0.15, 0.2) is 57.9 Å². The number of rotatable bonds is 1. The Hall–Kier alpha value is -1.91. The molecule has 2 aliphatic rings. The van der Waals surface area contributed by atoms with Gasteiger partial charge in [-0.15, -0.1) is 11.3 Å². The fourth-order valence-corrected chi connectivity index (χ4v) is 6.02. The predicted molar refractivity (Wildman–Crippen MR) is 117 cm³/mol. The summed E-state index contributed by atoms with van der Waals surface area (Å²) in [4.78, 5) is 14.5. The molecule has 5 rings (SSSR count). The van der Waals surface area contributed by atoms with Crippen LogP contribution in [0.5, 0.6) is 0 Å². The van der Waals surface area contributed by atoms with Crippen LogP contribution < -0.4 is 5.32 Å².